The zero-order valence-corrected chi connectivity index (χ0v) is 20.7. The second-order valence-corrected chi connectivity index (χ2v) is 9.10. The molecule has 0 bridgehead atoms. The Bertz CT molecular complexity index is 1610. The summed E-state index contributed by atoms with van der Waals surface area (Å²) in [7, 11) is 0. The summed E-state index contributed by atoms with van der Waals surface area (Å²) >= 11 is 1.21. The molecule has 1 aliphatic rings. The Balaban J connectivity index is 1.50. The number of ether oxygens (including phenoxy) is 1. The van der Waals surface area contributed by atoms with E-state index in [0.29, 0.717) is 39.5 Å². The Hall–Kier alpha value is -4.38. The first-order chi connectivity index (χ1) is 18.3. The zero-order valence-electron chi connectivity index (χ0n) is 19.9. The summed E-state index contributed by atoms with van der Waals surface area (Å²) in [6.07, 6.45) is 3.55. The predicted octanol–water partition coefficient (Wildman–Crippen LogP) is 5.93. The highest BCUT2D eigenvalue weighted by molar-refractivity contribution is 8.13. The zero-order chi connectivity index (χ0) is 26.8. The summed E-state index contributed by atoms with van der Waals surface area (Å²) in [4.78, 5) is 31.4. The molecule has 0 atom stereocenters. The van der Waals surface area contributed by atoms with Crippen LogP contribution in [-0.4, -0.2) is 22.8 Å². The first-order valence-corrected chi connectivity index (χ1v) is 12.5. The third kappa shape index (κ3) is 5.18. The van der Waals surface area contributed by atoms with Gasteiger partial charge in [-0.1, -0.05) is 18.7 Å². The summed E-state index contributed by atoms with van der Waals surface area (Å²) in [5, 5.41) is 11.2. The highest BCUT2D eigenvalue weighted by Gasteiger charge is 2.32. The second-order valence-electron chi connectivity index (χ2n) is 8.16. The smallest absolute Gasteiger partial charge is 0.387 e. The van der Waals surface area contributed by atoms with Crippen molar-refractivity contribution in [2.75, 3.05) is 4.90 Å². The maximum atomic E-state index is 13.3. The second kappa shape index (κ2) is 10.5. The number of aromatic hydroxyl groups is 1. The largest absolute Gasteiger partial charge is 0.508 e. The van der Waals surface area contributed by atoms with E-state index in [1.54, 1.807) is 18.2 Å². The van der Waals surface area contributed by atoms with Crippen LogP contribution >= 0.6 is 11.8 Å². The lowest BCUT2D eigenvalue weighted by Gasteiger charge is -2.18. The molecule has 0 saturated carbocycles. The number of hydrogen-bond donors (Lipinski definition) is 1. The van der Waals surface area contributed by atoms with Gasteiger partial charge < -0.3 is 18.7 Å². The van der Waals surface area contributed by atoms with Gasteiger partial charge in [-0.05, 0) is 60.0 Å². The Morgan fingerprint density at radius 1 is 1.13 bits per heavy atom. The number of phenols is 1. The van der Waals surface area contributed by atoms with Crippen molar-refractivity contribution in [3.63, 3.8) is 0 Å². The van der Waals surface area contributed by atoms with Crippen molar-refractivity contribution in [3.05, 3.63) is 93.9 Å². The van der Waals surface area contributed by atoms with E-state index in [0.717, 1.165) is 0 Å². The summed E-state index contributed by atoms with van der Waals surface area (Å²) in [5.74, 6) is 0.228. The number of carbonyl (C=O) groups is 1. The van der Waals surface area contributed by atoms with Crippen molar-refractivity contribution in [2.24, 2.45) is 4.99 Å². The van der Waals surface area contributed by atoms with E-state index in [9.17, 15) is 23.5 Å². The number of alkyl halides is 2. The molecular weight excluding hydrogens is 518 g/mol. The van der Waals surface area contributed by atoms with Crippen LogP contribution in [0.2, 0.25) is 0 Å². The van der Waals surface area contributed by atoms with Crippen LogP contribution in [0.3, 0.4) is 0 Å². The monoisotopic (exact) mass is 538 g/mol. The SMILES string of the molecule is CCc1cc2c(CSC3=NC(=Cc4ccco4)C(=O)N3c3ccc(OC(F)F)cc3)cc(=O)oc2cc1O. The molecule has 0 unspecified atom stereocenters. The number of carbonyl (C=O) groups excluding carboxylic acids is 1. The minimum absolute atomic E-state index is 0.0388. The number of benzene rings is 2. The summed E-state index contributed by atoms with van der Waals surface area (Å²) in [5.41, 5.74) is 1.51. The molecule has 4 aromatic rings. The minimum atomic E-state index is -2.97. The number of nitrogens with zero attached hydrogens (tertiary/aromatic N) is 2. The number of halogens is 2. The Morgan fingerprint density at radius 3 is 2.61 bits per heavy atom. The summed E-state index contributed by atoms with van der Waals surface area (Å²) in [6.45, 7) is -1.08. The molecule has 0 aliphatic carbocycles. The third-order valence-electron chi connectivity index (χ3n) is 5.74. The number of amides is 1. The molecule has 8 nitrogen and oxygen atoms in total. The van der Waals surface area contributed by atoms with Gasteiger partial charge in [0.2, 0.25) is 0 Å². The van der Waals surface area contributed by atoms with Crippen LogP contribution in [0, 0.1) is 0 Å². The van der Waals surface area contributed by atoms with Gasteiger partial charge in [-0.15, -0.1) is 0 Å². The van der Waals surface area contributed by atoms with E-state index in [1.807, 2.05) is 6.92 Å². The highest BCUT2D eigenvalue weighted by Crippen LogP contribution is 2.34. The van der Waals surface area contributed by atoms with E-state index >= 15 is 0 Å². The van der Waals surface area contributed by atoms with E-state index in [-0.39, 0.29) is 28.5 Å². The molecule has 11 heteroatoms. The standard InChI is InChI=1S/C27H20F2N2O6S/c1-2-15-10-20-16(11-24(33)37-23(20)13-22(15)32)14-38-27-30-21(12-19-4-3-9-35-19)25(34)31(27)17-5-7-18(8-6-17)36-26(28)29/h3-13,26,32H,2,14H2,1H3. The van der Waals surface area contributed by atoms with Crippen molar-refractivity contribution >= 4 is 45.6 Å². The number of hydrogen-bond acceptors (Lipinski definition) is 8. The van der Waals surface area contributed by atoms with E-state index in [4.69, 9.17) is 8.83 Å². The minimum Gasteiger partial charge on any atom is -0.508 e. The molecule has 0 radical (unpaired) electrons. The van der Waals surface area contributed by atoms with Crippen LogP contribution < -0.4 is 15.3 Å². The van der Waals surface area contributed by atoms with E-state index in [1.165, 1.54) is 65.4 Å². The number of amidine groups is 1. The number of phenolic OH excluding ortho intramolecular Hbond substituents is 1. The number of aliphatic imine (C=N–C) groups is 1. The van der Waals surface area contributed by atoms with Crippen LogP contribution in [0.25, 0.3) is 17.0 Å². The molecule has 0 spiro atoms. The van der Waals surface area contributed by atoms with Crippen LogP contribution in [0.4, 0.5) is 14.5 Å². The van der Waals surface area contributed by atoms with Gasteiger partial charge in [0.15, 0.2) is 5.17 Å². The van der Waals surface area contributed by atoms with Crippen molar-refractivity contribution in [3.8, 4) is 11.5 Å². The first-order valence-electron chi connectivity index (χ1n) is 11.5. The molecule has 194 valence electrons. The van der Waals surface area contributed by atoms with E-state index in [2.05, 4.69) is 9.73 Å². The molecule has 1 amide bonds. The van der Waals surface area contributed by atoms with Crippen LogP contribution in [-0.2, 0) is 17.0 Å². The van der Waals surface area contributed by atoms with Gasteiger partial charge in [-0.2, -0.15) is 8.78 Å². The molecule has 0 fully saturated rings. The van der Waals surface area contributed by atoms with Gasteiger partial charge in [0.1, 0.15) is 28.5 Å². The fraction of sp³-hybridized carbons (Fsp3) is 0.148. The van der Waals surface area contributed by atoms with Crippen molar-refractivity contribution < 1.29 is 32.3 Å². The Labute approximate surface area is 218 Å². The van der Waals surface area contributed by atoms with Crippen LogP contribution in [0.1, 0.15) is 23.8 Å². The summed E-state index contributed by atoms with van der Waals surface area (Å²) < 4.78 is 40.2. The normalized spacial score (nSPS) is 14.6. The fourth-order valence-corrected chi connectivity index (χ4v) is 4.96. The molecule has 38 heavy (non-hydrogen) atoms. The molecule has 1 aliphatic heterocycles. The first kappa shape index (κ1) is 25.3. The topological polar surface area (TPSA) is 105 Å². The number of furan rings is 1. The molecule has 2 aromatic heterocycles. The fourth-order valence-electron chi connectivity index (χ4n) is 3.96. The van der Waals surface area contributed by atoms with Crippen molar-refractivity contribution in [1.29, 1.82) is 0 Å². The maximum absolute atomic E-state index is 13.3. The maximum Gasteiger partial charge on any atom is 0.387 e. The van der Waals surface area contributed by atoms with Crippen molar-refractivity contribution in [1.82, 2.24) is 0 Å². The lowest BCUT2D eigenvalue weighted by molar-refractivity contribution is -0.113. The molecular formula is C27H20F2N2O6S. The highest BCUT2D eigenvalue weighted by atomic mass is 32.2. The summed E-state index contributed by atoms with van der Waals surface area (Å²) in [6, 6.07) is 13.5. The molecule has 3 heterocycles. The Kier molecular flexibility index (Phi) is 7.01. The number of aryl methyl sites for hydroxylation is 1. The third-order valence-corrected chi connectivity index (χ3v) is 6.73. The molecule has 2 aromatic carbocycles. The van der Waals surface area contributed by atoms with Crippen molar-refractivity contribution in [2.45, 2.75) is 25.7 Å². The van der Waals surface area contributed by atoms with Crippen LogP contribution in [0.15, 0.2) is 85.2 Å². The lowest BCUT2D eigenvalue weighted by atomic mass is 10.1. The number of fused-ring (bicyclic) bond motifs is 1. The number of thioether (sulfide) groups is 1. The quantitative estimate of drug-likeness (QED) is 0.230. The number of rotatable bonds is 7. The van der Waals surface area contributed by atoms with Gasteiger partial charge in [-0.25, -0.2) is 9.79 Å². The van der Waals surface area contributed by atoms with Gasteiger partial charge in [0, 0.05) is 29.3 Å². The van der Waals surface area contributed by atoms with Gasteiger partial charge in [0.25, 0.3) is 5.91 Å². The average molecular weight is 539 g/mol. The average Bonchev–Trinajstić information content (AvgIpc) is 3.50. The lowest BCUT2D eigenvalue weighted by Crippen LogP contribution is -2.30. The van der Waals surface area contributed by atoms with Crippen LogP contribution in [0.5, 0.6) is 11.5 Å². The van der Waals surface area contributed by atoms with Gasteiger partial charge in [0.05, 0.1) is 12.0 Å². The van der Waals surface area contributed by atoms with E-state index < -0.39 is 18.1 Å². The molecule has 1 N–H and O–H groups in total. The predicted molar refractivity (Wildman–Crippen MR) is 140 cm³/mol. The van der Waals surface area contributed by atoms with Gasteiger partial charge in [-0.3, -0.25) is 9.69 Å². The molecule has 5 rings (SSSR count). The Morgan fingerprint density at radius 2 is 1.92 bits per heavy atom. The molecule has 0 saturated heterocycles. The number of anilines is 1. The van der Waals surface area contributed by atoms with Gasteiger partial charge >= 0.3 is 12.2 Å².